The minimum Gasteiger partial charge on any atom is -0.0833 e. The molecule has 11 heavy (non-hydrogen) atoms. The van der Waals surface area contributed by atoms with E-state index >= 15 is 0 Å². The largest absolute Gasteiger partial charge is 0.0833 e. The molecule has 56 valence electrons. The maximum absolute atomic E-state index is 2.41. The average molecular weight is 144 g/mol. The zero-order valence-corrected chi connectivity index (χ0v) is 6.70. The van der Waals surface area contributed by atoms with Crippen LogP contribution in [0.5, 0.6) is 0 Å². The molecule has 0 saturated heterocycles. The molecule has 0 aromatic heterocycles. The summed E-state index contributed by atoms with van der Waals surface area (Å²) in [6, 6.07) is 0. The molecule has 0 aromatic rings. The third kappa shape index (κ3) is 0.649. The Bertz CT molecular complexity index is 260. The van der Waals surface area contributed by atoms with Gasteiger partial charge in [-0.3, -0.25) is 0 Å². The topological polar surface area (TPSA) is 0 Å². The van der Waals surface area contributed by atoms with Gasteiger partial charge in [0, 0.05) is 5.92 Å². The lowest BCUT2D eigenvalue weighted by Crippen LogP contribution is -1.84. The summed E-state index contributed by atoms with van der Waals surface area (Å²) >= 11 is 0. The van der Waals surface area contributed by atoms with Gasteiger partial charge >= 0.3 is 0 Å². The fourth-order valence-corrected chi connectivity index (χ4v) is 2.57. The van der Waals surface area contributed by atoms with Gasteiger partial charge in [-0.25, -0.2) is 0 Å². The number of allylic oxidation sites excluding steroid dienone is 6. The molecule has 0 radical (unpaired) electrons. The van der Waals surface area contributed by atoms with E-state index in [0.29, 0.717) is 5.92 Å². The third-order valence-electron chi connectivity index (χ3n) is 3.23. The van der Waals surface area contributed by atoms with Crippen molar-refractivity contribution in [3.05, 3.63) is 36.0 Å². The Morgan fingerprint density at radius 3 is 2.27 bits per heavy atom. The molecule has 3 unspecified atom stereocenters. The van der Waals surface area contributed by atoms with Gasteiger partial charge < -0.3 is 0 Å². The third-order valence-corrected chi connectivity index (χ3v) is 3.23. The lowest BCUT2D eigenvalue weighted by atomic mass is 10.1. The van der Waals surface area contributed by atoms with Crippen molar-refractivity contribution in [2.75, 3.05) is 0 Å². The lowest BCUT2D eigenvalue weighted by Gasteiger charge is -1.98. The van der Waals surface area contributed by atoms with Gasteiger partial charge in [-0.05, 0) is 24.7 Å². The first-order valence-electron chi connectivity index (χ1n) is 4.41. The van der Waals surface area contributed by atoms with Crippen molar-refractivity contribution in [1.82, 2.24) is 0 Å². The van der Waals surface area contributed by atoms with Gasteiger partial charge in [-0.2, -0.15) is 0 Å². The highest BCUT2D eigenvalue weighted by Gasteiger charge is 2.49. The molecular weight excluding hydrogens is 132 g/mol. The van der Waals surface area contributed by atoms with Crippen LogP contribution in [-0.2, 0) is 0 Å². The van der Waals surface area contributed by atoms with E-state index in [1.54, 1.807) is 5.57 Å². The maximum Gasteiger partial charge on any atom is 0.0130 e. The van der Waals surface area contributed by atoms with Gasteiger partial charge in [0.25, 0.3) is 0 Å². The molecule has 4 aliphatic rings. The quantitative estimate of drug-likeness (QED) is 0.458. The lowest BCUT2D eigenvalue weighted by molar-refractivity contribution is 0.913. The van der Waals surface area contributed by atoms with E-state index in [2.05, 4.69) is 37.3 Å². The zero-order valence-electron chi connectivity index (χ0n) is 6.70. The van der Waals surface area contributed by atoms with Crippen LogP contribution in [0.2, 0.25) is 0 Å². The van der Waals surface area contributed by atoms with Crippen molar-refractivity contribution < 1.29 is 0 Å². The number of hydrogen-bond donors (Lipinski definition) is 0. The molecule has 4 aliphatic carbocycles. The van der Waals surface area contributed by atoms with E-state index in [1.807, 2.05) is 0 Å². The molecule has 4 bridgehead atoms. The van der Waals surface area contributed by atoms with Crippen LogP contribution < -0.4 is 0 Å². The second-order valence-electron chi connectivity index (χ2n) is 3.94. The van der Waals surface area contributed by atoms with Crippen molar-refractivity contribution in [1.29, 1.82) is 0 Å². The van der Waals surface area contributed by atoms with E-state index in [9.17, 15) is 0 Å². The van der Waals surface area contributed by atoms with E-state index in [-0.39, 0.29) is 0 Å². The smallest absolute Gasteiger partial charge is 0.0130 e. The van der Waals surface area contributed by atoms with Crippen LogP contribution in [0.3, 0.4) is 0 Å². The van der Waals surface area contributed by atoms with Gasteiger partial charge in [0.15, 0.2) is 0 Å². The molecule has 0 heterocycles. The summed E-state index contributed by atoms with van der Waals surface area (Å²) in [5.41, 5.74) is 1.61. The van der Waals surface area contributed by atoms with Gasteiger partial charge in [-0.15, -0.1) is 0 Å². The fourth-order valence-electron chi connectivity index (χ4n) is 2.57. The van der Waals surface area contributed by atoms with Gasteiger partial charge in [0.1, 0.15) is 0 Å². The molecule has 0 spiro atoms. The van der Waals surface area contributed by atoms with Crippen LogP contribution in [0.25, 0.3) is 0 Å². The van der Waals surface area contributed by atoms with Crippen molar-refractivity contribution in [2.24, 2.45) is 23.7 Å². The summed E-state index contributed by atoms with van der Waals surface area (Å²) in [5, 5.41) is 0. The molecule has 1 saturated carbocycles. The molecule has 4 rings (SSSR count). The summed E-state index contributed by atoms with van der Waals surface area (Å²) < 4.78 is 0. The first-order chi connectivity index (χ1) is 5.36. The van der Waals surface area contributed by atoms with Crippen molar-refractivity contribution in [3.63, 3.8) is 0 Å². The van der Waals surface area contributed by atoms with Gasteiger partial charge in [-0.1, -0.05) is 36.0 Å². The Balaban J connectivity index is 2.16. The SMILES string of the molecule is CC1=CC2C=CC3C1[C@@H]3C=C2. The molecule has 1 fully saturated rings. The van der Waals surface area contributed by atoms with Crippen LogP contribution in [0.4, 0.5) is 0 Å². The average Bonchev–Trinajstić information content (AvgIpc) is 2.64. The van der Waals surface area contributed by atoms with E-state index in [1.165, 1.54) is 0 Å². The minimum absolute atomic E-state index is 0.606. The molecule has 0 nitrogen and oxygen atoms in total. The predicted molar refractivity (Wildman–Crippen MR) is 46.0 cm³/mol. The van der Waals surface area contributed by atoms with Crippen LogP contribution in [0, 0.1) is 23.7 Å². The van der Waals surface area contributed by atoms with Crippen LogP contribution >= 0.6 is 0 Å². The molecule has 0 heteroatoms. The summed E-state index contributed by atoms with van der Waals surface area (Å²) in [5.74, 6) is 3.19. The van der Waals surface area contributed by atoms with Crippen LogP contribution in [0.1, 0.15) is 6.92 Å². The van der Waals surface area contributed by atoms with Crippen LogP contribution in [-0.4, -0.2) is 0 Å². The normalized spacial score (nSPS) is 50.1. The monoisotopic (exact) mass is 144 g/mol. The summed E-state index contributed by atoms with van der Waals surface area (Å²) in [7, 11) is 0. The minimum atomic E-state index is 0.606. The molecule has 0 amide bonds. The van der Waals surface area contributed by atoms with Crippen molar-refractivity contribution >= 4 is 0 Å². The molecule has 4 atom stereocenters. The Morgan fingerprint density at radius 1 is 1.00 bits per heavy atom. The van der Waals surface area contributed by atoms with Crippen molar-refractivity contribution in [2.45, 2.75) is 6.92 Å². The summed E-state index contributed by atoms with van der Waals surface area (Å²) in [4.78, 5) is 0. The highest BCUT2D eigenvalue weighted by molar-refractivity contribution is 5.36. The van der Waals surface area contributed by atoms with E-state index in [4.69, 9.17) is 0 Å². The van der Waals surface area contributed by atoms with Gasteiger partial charge in [0.2, 0.25) is 0 Å². The Kier molecular flexibility index (Phi) is 0.892. The maximum atomic E-state index is 2.41. The fraction of sp³-hybridized carbons (Fsp3) is 0.455. The highest BCUT2D eigenvalue weighted by Crippen LogP contribution is 2.55. The predicted octanol–water partition coefficient (Wildman–Crippen LogP) is 2.55. The van der Waals surface area contributed by atoms with E-state index in [0.717, 1.165) is 17.8 Å². The Morgan fingerprint density at radius 2 is 1.64 bits per heavy atom. The number of hydrogen-bond acceptors (Lipinski definition) is 0. The first-order valence-corrected chi connectivity index (χ1v) is 4.41. The van der Waals surface area contributed by atoms with Crippen molar-refractivity contribution in [3.8, 4) is 0 Å². The molecule has 0 N–H and O–H groups in total. The molecule has 0 aliphatic heterocycles. The highest BCUT2D eigenvalue weighted by atomic mass is 14.5. The summed E-state index contributed by atoms with van der Waals surface area (Å²) in [6.45, 7) is 2.28. The number of rotatable bonds is 0. The van der Waals surface area contributed by atoms with E-state index < -0.39 is 0 Å². The first kappa shape index (κ1) is 5.82. The van der Waals surface area contributed by atoms with Crippen LogP contribution in [0.15, 0.2) is 36.0 Å². The Hall–Kier alpha value is -0.780. The van der Waals surface area contributed by atoms with Gasteiger partial charge in [0.05, 0.1) is 0 Å². The Labute approximate surface area is 67.3 Å². The second kappa shape index (κ2) is 1.69. The molecule has 0 aromatic carbocycles. The summed E-state index contributed by atoms with van der Waals surface area (Å²) in [6.07, 6.45) is 11.9. The molecular formula is C11H12. The second-order valence-corrected chi connectivity index (χ2v) is 3.94. The zero-order chi connectivity index (χ0) is 7.42. The standard InChI is InChI=1S/C11H12/c1-7-6-8-2-4-9-10(5-3-8)11(7)9/h2-6,8-11H,1H3/t8?,9-,10?,11?/m1/s1.